The van der Waals surface area contributed by atoms with E-state index in [2.05, 4.69) is 63.0 Å². The third-order valence-electron chi connectivity index (χ3n) is 4.89. The first-order chi connectivity index (χ1) is 14.2. The second-order valence-electron chi connectivity index (χ2n) is 7.20. The molecule has 1 aliphatic rings. The van der Waals surface area contributed by atoms with Gasteiger partial charge >= 0.3 is 0 Å². The van der Waals surface area contributed by atoms with E-state index < -0.39 is 0 Å². The molecule has 152 valence electrons. The van der Waals surface area contributed by atoms with E-state index in [4.69, 9.17) is 9.47 Å². The molecule has 0 saturated heterocycles. The van der Waals surface area contributed by atoms with Gasteiger partial charge in [-0.3, -0.25) is 4.58 Å². The van der Waals surface area contributed by atoms with Crippen molar-refractivity contribution in [1.29, 1.82) is 0 Å². The molecular formula is C26H31NO2. The second kappa shape index (κ2) is 10.6. The average molecular weight is 390 g/mol. The molecule has 3 nitrogen and oxygen atoms in total. The molecular weight excluding hydrogens is 358 g/mol. The Kier molecular flexibility index (Phi) is 7.57. The molecule has 0 bridgehead atoms. The molecule has 0 aromatic heterocycles. The molecule has 29 heavy (non-hydrogen) atoms. The molecule has 0 fully saturated rings. The quantitative estimate of drug-likeness (QED) is 0.267. The molecule has 2 aromatic rings. The van der Waals surface area contributed by atoms with Crippen LogP contribution in [0.2, 0.25) is 0 Å². The van der Waals surface area contributed by atoms with Gasteiger partial charge in [0, 0.05) is 0 Å². The summed E-state index contributed by atoms with van der Waals surface area (Å²) in [5.74, 6) is 1.65. The Morgan fingerprint density at radius 3 is 2.31 bits per heavy atom. The van der Waals surface area contributed by atoms with Crippen molar-refractivity contribution in [3.63, 3.8) is 0 Å². The van der Waals surface area contributed by atoms with Gasteiger partial charge in [-0.1, -0.05) is 57.0 Å². The van der Waals surface area contributed by atoms with Crippen molar-refractivity contribution >= 4 is 6.72 Å². The lowest BCUT2D eigenvalue weighted by Gasteiger charge is -2.18. The highest BCUT2D eigenvalue weighted by molar-refractivity contribution is 5.68. The van der Waals surface area contributed by atoms with Gasteiger partial charge in [0.2, 0.25) is 0 Å². The normalized spacial score (nSPS) is 13.0. The molecule has 0 radical (unpaired) electrons. The number of unbranched alkanes of at least 4 members (excludes halogenated alkanes) is 2. The van der Waals surface area contributed by atoms with Gasteiger partial charge in [0.1, 0.15) is 12.2 Å². The lowest BCUT2D eigenvalue weighted by Crippen LogP contribution is -2.12. The van der Waals surface area contributed by atoms with Crippen molar-refractivity contribution < 1.29 is 14.0 Å². The first-order valence-corrected chi connectivity index (χ1v) is 10.5. The predicted octanol–water partition coefficient (Wildman–Crippen LogP) is 6.39. The third-order valence-corrected chi connectivity index (χ3v) is 4.89. The average Bonchev–Trinajstić information content (AvgIpc) is 2.75. The fourth-order valence-corrected chi connectivity index (χ4v) is 3.17. The van der Waals surface area contributed by atoms with Gasteiger partial charge in [-0.25, -0.2) is 0 Å². The zero-order chi connectivity index (χ0) is 20.5. The summed E-state index contributed by atoms with van der Waals surface area (Å²) in [4.78, 5) is 0. The molecule has 0 amide bonds. The monoisotopic (exact) mass is 389 g/mol. The zero-order valence-electron chi connectivity index (χ0n) is 17.6. The lowest BCUT2D eigenvalue weighted by atomic mass is 9.98. The molecule has 0 atom stereocenters. The van der Waals surface area contributed by atoms with Crippen LogP contribution in [0.25, 0.3) is 11.1 Å². The van der Waals surface area contributed by atoms with Crippen molar-refractivity contribution in [2.75, 3.05) is 13.2 Å². The van der Waals surface area contributed by atoms with E-state index in [1.165, 1.54) is 0 Å². The number of hydrogen-bond donors (Lipinski definition) is 0. The van der Waals surface area contributed by atoms with Crippen LogP contribution in [0.15, 0.2) is 66.9 Å². The molecule has 0 saturated carbocycles. The highest BCUT2D eigenvalue weighted by Crippen LogP contribution is 2.34. The Morgan fingerprint density at radius 2 is 1.59 bits per heavy atom. The van der Waals surface area contributed by atoms with Crippen LogP contribution in [0, 0.1) is 6.04 Å². The van der Waals surface area contributed by atoms with Crippen molar-refractivity contribution in [2.24, 2.45) is 0 Å². The maximum Gasteiger partial charge on any atom is 0.161 e. The standard InChI is InChI=1S/C26H31NO2/c1-4-6-17-28-25-15-14-22(20-26(25)29-18-7-5-2)21-11-10-12-23(19-21)24-13-8-9-16-27(24)3/h8-16,19-20H,3-7,17-18H2,1-2H3. The summed E-state index contributed by atoms with van der Waals surface area (Å²) in [6, 6.07) is 15.8. The molecule has 0 spiro atoms. The molecule has 0 unspecified atom stereocenters. The van der Waals surface area contributed by atoms with Crippen molar-refractivity contribution in [3.8, 4) is 22.6 Å². The van der Waals surface area contributed by atoms with E-state index in [1.807, 2.05) is 29.0 Å². The first kappa shape index (κ1) is 20.8. The van der Waals surface area contributed by atoms with E-state index in [-0.39, 0.29) is 0 Å². The zero-order valence-corrected chi connectivity index (χ0v) is 17.6. The molecule has 0 N–H and O–H groups in total. The summed E-state index contributed by atoms with van der Waals surface area (Å²) >= 11 is 0. The van der Waals surface area contributed by atoms with Crippen molar-refractivity contribution in [2.45, 2.75) is 39.5 Å². The number of hydrogen-bond acceptors (Lipinski definition) is 2. The maximum absolute atomic E-state index is 6.07. The summed E-state index contributed by atoms with van der Waals surface area (Å²) in [5, 5.41) is 0. The summed E-state index contributed by atoms with van der Waals surface area (Å²) in [6.45, 7) is 9.84. The largest absolute Gasteiger partial charge is 0.490 e. The van der Waals surface area contributed by atoms with Gasteiger partial charge in [0.15, 0.2) is 11.5 Å². The highest BCUT2D eigenvalue weighted by atomic mass is 16.5. The number of ether oxygens (including phenoxy) is 2. The van der Waals surface area contributed by atoms with E-state index in [0.29, 0.717) is 13.2 Å². The van der Waals surface area contributed by atoms with Crippen LogP contribution in [0.1, 0.15) is 45.1 Å². The van der Waals surface area contributed by atoms with Gasteiger partial charge < -0.3 is 9.47 Å². The fraction of sp³-hybridized carbons (Fsp3) is 0.308. The topological polar surface area (TPSA) is 21.5 Å². The van der Waals surface area contributed by atoms with Crippen LogP contribution in [0.5, 0.6) is 11.5 Å². The van der Waals surface area contributed by atoms with Gasteiger partial charge in [-0.15, -0.1) is 12.1 Å². The molecule has 3 heteroatoms. The predicted molar refractivity (Wildman–Crippen MR) is 121 cm³/mol. The number of benzene rings is 2. The number of rotatable bonds is 10. The van der Waals surface area contributed by atoms with Gasteiger partial charge in [-0.2, -0.15) is 0 Å². The van der Waals surface area contributed by atoms with Gasteiger partial charge in [0.05, 0.1) is 19.9 Å². The summed E-state index contributed by atoms with van der Waals surface area (Å²) < 4.78 is 13.9. The van der Waals surface area contributed by atoms with Crippen molar-refractivity contribution in [1.82, 2.24) is 0 Å². The molecule has 1 aliphatic heterocycles. The second-order valence-corrected chi connectivity index (χ2v) is 7.20. The Bertz CT molecular complexity index is 882. The minimum absolute atomic E-state index is 0.704. The minimum Gasteiger partial charge on any atom is -0.490 e. The van der Waals surface area contributed by atoms with E-state index >= 15 is 0 Å². The van der Waals surface area contributed by atoms with E-state index in [9.17, 15) is 0 Å². The summed E-state index contributed by atoms with van der Waals surface area (Å²) in [7, 11) is 0. The summed E-state index contributed by atoms with van der Waals surface area (Å²) in [5.41, 5.74) is 3.40. The minimum atomic E-state index is 0.704. The lowest BCUT2D eigenvalue weighted by molar-refractivity contribution is -0.417. The van der Waals surface area contributed by atoms with Gasteiger partial charge in [-0.05, 0) is 47.7 Å². The molecule has 2 aromatic carbocycles. The molecule has 0 aliphatic carbocycles. The highest BCUT2D eigenvalue weighted by Gasteiger charge is 2.15. The van der Waals surface area contributed by atoms with Crippen molar-refractivity contribution in [3.05, 3.63) is 78.5 Å². The SMILES string of the molecule is C=[N+]1C=CC=C[C-]1c1cccc(-c2ccc(OCCCC)c(OCCCC)c2)c1. The Hall–Kier alpha value is -2.94. The van der Waals surface area contributed by atoms with Crippen LogP contribution in [0.3, 0.4) is 0 Å². The molecule has 3 rings (SSSR count). The van der Waals surface area contributed by atoms with Crippen LogP contribution >= 0.6 is 0 Å². The maximum atomic E-state index is 6.07. The number of allylic oxidation sites excluding steroid dienone is 2. The first-order valence-electron chi connectivity index (χ1n) is 10.5. The Balaban J connectivity index is 1.86. The van der Waals surface area contributed by atoms with Gasteiger partial charge in [0.25, 0.3) is 0 Å². The Labute approximate surface area is 175 Å². The molecule has 1 heterocycles. The van der Waals surface area contributed by atoms with E-state index in [0.717, 1.165) is 59.9 Å². The van der Waals surface area contributed by atoms with E-state index in [1.54, 1.807) is 0 Å². The van der Waals surface area contributed by atoms with Crippen LogP contribution < -0.4 is 9.47 Å². The van der Waals surface area contributed by atoms with Crippen LogP contribution in [-0.2, 0) is 0 Å². The summed E-state index contributed by atoms with van der Waals surface area (Å²) in [6.07, 6.45) is 12.4. The van der Waals surface area contributed by atoms with Crippen LogP contribution in [-0.4, -0.2) is 24.5 Å². The Morgan fingerprint density at radius 1 is 0.862 bits per heavy atom. The number of nitrogens with zero attached hydrogens (tertiary/aromatic N) is 1. The fourth-order valence-electron chi connectivity index (χ4n) is 3.17. The smallest absolute Gasteiger partial charge is 0.161 e. The third kappa shape index (κ3) is 5.54. The van der Waals surface area contributed by atoms with Crippen LogP contribution in [0.4, 0.5) is 0 Å².